The van der Waals surface area contributed by atoms with E-state index in [1.165, 1.54) is 31.5 Å². The van der Waals surface area contributed by atoms with E-state index in [-0.39, 0.29) is 0 Å². The summed E-state index contributed by atoms with van der Waals surface area (Å²) in [4.78, 5) is 4.69. The van der Waals surface area contributed by atoms with Crippen molar-refractivity contribution in [1.82, 2.24) is 15.1 Å². The molecule has 0 unspecified atom stereocenters. The molecule has 5 nitrogen and oxygen atoms in total. The number of likely N-dealkylation sites (N-methyl/N-ethyl adjacent to an activating group) is 1. The normalized spacial score (nSPS) is 16.0. The number of anilines is 1. The fourth-order valence-corrected chi connectivity index (χ4v) is 2.60. The lowest BCUT2D eigenvalue weighted by atomic mass is 10.1. The number of rotatable bonds is 5. The van der Waals surface area contributed by atoms with Crippen LogP contribution in [-0.4, -0.2) is 48.3 Å². The number of aryl methyl sites for hydroxylation is 1. The number of aromatic nitrogens is 2. The molecule has 1 fully saturated rings. The Balaban J connectivity index is 2.05. The number of nitrogens with zero attached hydrogens (tertiary/aromatic N) is 4. The molecule has 0 atom stereocenters. The van der Waals surface area contributed by atoms with Crippen molar-refractivity contribution >= 4 is 5.82 Å². The number of hydrogen-bond acceptors (Lipinski definition) is 5. The molecule has 0 aliphatic carbocycles. The van der Waals surface area contributed by atoms with Crippen LogP contribution in [0.1, 0.15) is 29.7 Å². The average molecular weight is 263 g/mol. The van der Waals surface area contributed by atoms with Crippen LogP contribution in [0.25, 0.3) is 0 Å². The Kier molecular flexibility index (Phi) is 4.71. The van der Waals surface area contributed by atoms with Gasteiger partial charge < -0.3 is 15.5 Å². The highest BCUT2D eigenvalue weighted by Crippen LogP contribution is 2.20. The molecule has 19 heavy (non-hydrogen) atoms. The molecule has 1 aliphatic heterocycles. The minimum atomic E-state index is 0.519. The zero-order valence-electron chi connectivity index (χ0n) is 12.3. The molecule has 5 heteroatoms. The van der Waals surface area contributed by atoms with Crippen LogP contribution in [0.15, 0.2) is 0 Å². The molecule has 2 heterocycles. The van der Waals surface area contributed by atoms with E-state index in [9.17, 15) is 0 Å². The molecule has 0 aromatic carbocycles. The van der Waals surface area contributed by atoms with Crippen LogP contribution in [-0.2, 0) is 6.54 Å². The lowest BCUT2D eigenvalue weighted by Gasteiger charge is -2.24. The van der Waals surface area contributed by atoms with Crippen LogP contribution in [0, 0.1) is 13.8 Å². The first-order valence-electron chi connectivity index (χ1n) is 7.09. The minimum Gasteiger partial charge on any atom is -0.357 e. The zero-order chi connectivity index (χ0) is 13.8. The first kappa shape index (κ1) is 14.2. The van der Waals surface area contributed by atoms with Crippen LogP contribution in [0.2, 0.25) is 0 Å². The molecule has 0 bridgehead atoms. The second kappa shape index (κ2) is 6.30. The summed E-state index contributed by atoms with van der Waals surface area (Å²) >= 11 is 0. The van der Waals surface area contributed by atoms with Gasteiger partial charge in [-0.3, -0.25) is 0 Å². The molecule has 1 aromatic heterocycles. The third-order valence-corrected chi connectivity index (χ3v) is 4.08. The van der Waals surface area contributed by atoms with Crippen LogP contribution in [0.3, 0.4) is 0 Å². The van der Waals surface area contributed by atoms with Crippen LogP contribution >= 0.6 is 0 Å². The summed E-state index contributed by atoms with van der Waals surface area (Å²) in [7, 11) is 2.08. The fraction of sp³-hybridized carbons (Fsp3) is 0.714. The molecule has 106 valence electrons. The van der Waals surface area contributed by atoms with Crippen molar-refractivity contribution in [3.05, 3.63) is 16.8 Å². The van der Waals surface area contributed by atoms with E-state index in [1.54, 1.807) is 0 Å². The van der Waals surface area contributed by atoms with E-state index in [0.29, 0.717) is 6.54 Å². The maximum Gasteiger partial charge on any atom is 0.155 e. The molecule has 1 aliphatic rings. The summed E-state index contributed by atoms with van der Waals surface area (Å²) in [5.74, 6) is 0.935. The third kappa shape index (κ3) is 3.22. The Morgan fingerprint density at radius 3 is 2.53 bits per heavy atom. The lowest BCUT2D eigenvalue weighted by molar-refractivity contribution is 0.346. The molecule has 0 radical (unpaired) electrons. The molecule has 2 N–H and O–H groups in total. The van der Waals surface area contributed by atoms with E-state index in [0.717, 1.165) is 30.2 Å². The van der Waals surface area contributed by atoms with Gasteiger partial charge in [0.1, 0.15) is 0 Å². The van der Waals surface area contributed by atoms with Crippen molar-refractivity contribution < 1.29 is 0 Å². The van der Waals surface area contributed by atoms with E-state index < -0.39 is 0 Å². The van der Waals surface area contributed by atoms with E-state index >= 15 is 0 Å². The number of hydrogen-bond donors (Lipinski definition) is 1. The van der Waals surface area contributed by atoms with Crippen LogP contribution in [0.5, 0.6) is 0 Å². The molecule has 1 saturated heterocycles. The maximum absolute atomic E-state index is 5.87. The zero-order valence-corrected chi connectivity index (χ0v) is 12.3. The molecule has 0 amide bonds. The quantitative estimate of drug-likeness (QED) is 0.861. The standard InChI is InChI=1S/C14H25N5/c1-11-12(2)16-17-14(13(11)10-15)18(3)8-9-19-6-4-5-7-19/h4-10,15H2,1-3H3. The maximum atomic E-state index is 5.87. The van der Waals surface area contributed by atoms with Gasteiger partial charge in [0.25, 0.3) is 0 Å². The number of nitrogens with two attached hydrogens (primary N) is 1. The summed E-state index contributed by atoms with van der Waals surface area (Å²) in [6.45, 7) is 9.11. The first-order chi connectivity index (χ1) is 9.13. The van der Waals surface area contributed by atoms with Gasteiger partial charge in [-0.25, -0.2) is 0 Å². The van der Waals surface area contributed by atoms with Gasteiger partial charge in [0.2, 0.25) is 0 Å². The largest absolute Gasteiger partial charge is 0.357 e. The monoisotopic (exact) mass is 263 g/mol. The van der Waals surface area contributed by atoms with Gasteiger partial charge in [-0.2, -0.15) is 5.10 Å². The molecular formula is C14H25N5. The summed E-state index contributed by atoms with van der Waals surface area (Å²) in [5.41, 5.74) is 9.13. The van der Waals surface area contributed by atoms with Gasteiger partial charge in [-0.05, 0) is 45.3 Å². The smallest absolute Gasteiger partial charge is 0.155 e. The fourth-order valence-electron chi connectivity index (χ4n) is 2.60. The van der Waals surface area contributed by atoms with Crippen LogP contribution < -0.4 is 10.6 Å². The molecule has 0 saturated carbocycles. The van der Waals surface area contributed by atoms with Gasteiger partial charge in [-0.1, -0.05) is 0 Å². The summed E-state index contributed by atoms with van der Waals surface area (Å²) in [6.07, 6.45) is 2.67. The second-order valence-corrected chi connectivity index (χ2v) is 5.39. The Morgan fingerprint density at radius 1 is 1.21 bits per heavy atom. The Bertz CT molecular complexity index is 426. The highest BCUT2D eigenvalue weighted by Gasteiger charge is 2.16. The average Bonchev–Trinajstić information content (AvgIpc) is 2.92. The summed E-state index contributed by atoms with van der Waals surface area (Å²) in [5, 5.41) is 8.56. The summed E-state index contributed by atoms with van der Waals surface area (Å²) < 4.78 is 0. The van der Waals surface area contributed by atoms with Crippen molar-refractivity contribution in [2.45, 2.75) is 33.2 Å². The molecule has 0 spiro atoms. The Hall–Kier alpha value is -1.20. The second-order valence-electron chi connectivity index (χ2n) is 5.39. The van der Waals surface area contributed by atoms with Gasteiger partial charge in [-0.15, -0.1) is 5.10 Å². The molecular weight excluding hydrogens is 238 g/mol. The number of likely N-dealkylation sites (tertiary alicyclic amines) is 1. The SMILES string of the molecule is Cc1nnc(N(C)CCN2CCCC2)c(CN)c1C. The Labute approximate surface area is 115 Å². The summed E-state index contributed by atoms with van der Waals surface area (Å²) in [6, 6.07) is 0. The van der Waals surface area contributed by atoms with Gasteiger partial charge in [0, 0.05) is 32.2 Å². The lowest BCUT2D eigenvalue weighted by Crippen LogP contribution is -2.33. The van der Waals surface area contributed by atoms with E-state index in [2.05, 4.69) is 34.0 Å². The minimum absolute atomic E-state index is 0.519. The predicted molar refractivity (Wildman–Crippen MR) is 78.3 cm³/mol. The van der Waals surface area contributed by atoms with Gasteiger partial charge in [0.05, 0.1) is 5.69 Å². The van der Waals surface area contributed by atoms with E-state index in [1.807, 2.05) is 6.92 Å². The van der Waals surface area contributed by atoms with Crippen molar-refractivity contribution in [2.24, 2.45) is 5.73 Å². The highest BCUT2D eigenvalue weighted by molar-refractivity contribution is 5.50. The Morgan fingerprint density at radius 2 is 1.89 bits per heavy atom. The topological polar surface area (TPSA) is 58.3 Å². The van der Waals surface area contributed by atoms with Crippen molar-refractivity contribution in [1.29, 1.82) is 0 Å². The van der Waals surface area contributed by atoms with Crippen molar-refractivity contribution in [3.63, 3.8) is 0 Å². The third-order valence-electron chi connectivity index (χ3n) is 4.08. The van der Waals surface area contributed by atoms with Gasteiger partial charge >= 0.3 is 0 Å². The van der Waals surface area contributed by atoms with Crippen molar-refractivity contribution in [2.75, 3.05) is 38.1 Å². The first-order valence-corrected chi connectivity index (χ1v) is 7.09. The van der Waals surface area contributed by atoms with E-state index in [4.69, 9.17) is 5.73 Å². The molecule has 1 aromatic rings. The highest BCUT2D eigenvalue weighted by atomic mass is 15.3. The van der Waals surface area contributed by atoms with Crippen molar-refractivity contribution in [3.8, 4) is 0 Å². The molecule has 2 rings (SSSR count). The van der Waals surface area contributed by atoms with Crippen LogP contribution in [0.4, 0.5) is 5.82 Å². The van der Waals surface area contributed by atoms with Gasteiger partial charge in [0.15, 0.2) is 5.82 Å². The predicted octanol–water partition coefficient (Wildman–Crippen LogP) is 1.08.